The van der Waals surface area contributed by atoms with Crippen molar-refractivity contribution in [1.82, 2.24) is 4.90 Å². The second-order valence-corrected chi connectivity index (χ2v) is 10.7. The second-order valence-electron chi connectivity index (χ2n) is 8.92. The van der Waals surface area contributed by atoms with Gasteiger partial charge in [0.25, 0.3) is 5.91 Å². The standard InChI is InChI=1S/C27H23Cl2F2NO2S/c28-22-2-1-3-25(26(22)29)35-15-16-4-6-17(7-5-16)27(33)32-19-9-10-20(32)14-21(13-19)34-24-11-8-18(30)12-23(24)31/h1-8,11-12,19-21H,9-10,13-15H2/t19-,20-/m0/s1. The van der Waals surface area contributed by atoms with E-state index in [0.717, 1.165) is 29.4 Å². The normalized spacial score (nSPS) is 21.3. The van der Waals surface area contributed by atoms with Crippen LogP contribution in [-0.4, -0.2) is 29.0 Å². The van der Waals surface area contributed by atoms with Gasteiger partial charge in [-0.25, -0.2) is 8.78 Å². The number of carbonyl (C=O) groups excluding carboxylic acids is 1. The molecule has 2 heterocycles. The molecule has 182 valence electrons. The third kappa shape index (κ3) is 5.30. The number of rotatable bonds is 6. The minimum Gasteiger partial charge on any atom is -0.487 e. The summed E-state index contributed by atoms with van der Waals surface area (Å²) in [5.41, 5.74) is 1.74. The van der Waals surface area contributed by atoms with Crippen molar-refractivity contribution in [2.75, 3.05) is 0 Å². The second kappa shape index (κ2) is 10.4. The maximum absolute atomic E-state index is 14.0. The van der Waals surface area contributed by atoms with Crippen LogP contribution in [0.2, 0.25) is 10.0 Å². The van der Waals surface area contributed by atoms with Crippen molar-refractivity contribution in [3.8, 4) is 5.75 Å². The third-order valence-corrected chi connectivity index (χ3v) is 8.68. The van der Waals surface area contributed by atoms with Gasteiger partial charge in [0, 0.05) is 47.2 Å². The van der Waals surface area contributed by atoms with Gasteiger partial charge in [-0.05, 0) is 54.8 Å². The summed E-state index contributed by atoms with van der Waals surface area (Å²) in [6.07, 6.45) is 2.87. The highest BCUT2D eigenvalue weighted by atomic mass is 35.5. The monoisotopic (exact) mass is 533 g/mol. The molecule has 3 aromatic rings. The lowest BCUT2D eigenvalue weighted by molar-refractivity contribution is 0.0349. The zero-order valence-electron chi connectivity index (χ0n) is 18.7. The van der Waals surface area contributed by atoms with Gasteiger partial charge in [-0.2, -0.15) is 0 Å². The number of carbonyl (C=O) groups is 1. The first-order valence-electron chi connectivity index (χ1n) is 11.5. The van der Waals surface area contributed by atoms with Crippen molar-refractivity contribution in [3.63, 3.8) is 0 Å². The molecule has 0 N–H and O–H groups in total. The van der Waals surface area contributed by atoms with E-state index in [2.05, 4.69) is 0 Å². The van der Waals surface area contributed by atoms with Crippen molar-refractivity contribution < 1.29 is 18.3 Å². The Labute approximate surface area is 217 Å². The molecule has 2 aliphatic rings. The lowest BCUT2D eigenvalue weighted by Crippen LogP contribution is -2.49. The Morgan fingerprint density at radius 2 is 1.71 bits per heavy atom. The van der Waals surface area contributed by atoms with Crippen molar-refractivity contribution in [2.45, 2.75) is 54.5 Å². The van der Waals surface area contributed by atoms with Crippen LogP contribution in [0.15, 0.2) is 65.6 Å². The number of halogens is 4. The van der Waals surface area contributed by atoms with Gasteiger partial charge in [0.2, 0.25) is 0 Å². The average Bonchev–Trinajstić information content (AvgIpc) is 3.11. The number of benzene rings is 3. The molecule has 8 heteroatoms. The molecular weight excluding hydrogens is 511 g/mol. The van der Waals surface area contributed by atoms with Gasteiger partial charge < -0.3 is 9.64 Å². The molecule has 2 atom stereocenters. The first kappa shape index (κ1) is 24.4. The Bertz CT molecular complexity index is 1230. The van der Waals surface area contributed by atoms with Crippen LogP contribution in [-0.2, 0) is 5.75 Å². The summed E-state index contributed by atoms with van der Waals surface area (Å²) in [6, 6.07) is 16.7. The Morgan fingerprint density at radius 3 is 2.40 bits per heavy atom. The Balaban J connectivity index is 1.21. The molecule has 35 heavy (non-hydrogen) atoms. The summed E-state index contributed by atoms with van der Waals surface area (Å²) in [6.45, 7) is 0. The summed E-state index contributed by atoms with van der Waals surface area (Å²) in [7, 11) is 0. The number of ether oxygens (including phenoxy) is 1. The first-order valence-corrected chi connectivity index (χ1v) is 13.2. The Morgan fingerprint density at radius 1 is 1.00 bits per heavy atom. The van der Waals surface area contributed by atoms with Gasteiger partial charge in [0.05, 0.1) is 10.0 Å². The van der Waals surface area contributed by atoms with E-state index in [1.165, 1.54) is 12.1 Å². The average molecular weight is 534 g/mol. The van der Waals surface area contributed by atoms with Crippen LogP contribution in [0.1, 0.15) is 41.6 Å². The maximum atomic E-state index is 14.0. The van der Waals surface area contributed by atoms with E-state index in [-0.39, 0.29) is 29.8 Å². The van der Waals surface area contributed by atoms with E-state index >= 15 is 0 Å². The molecule has 3 nitrogen and oxygen atoms in total. The Hall–Kier alpha value is -2.28. The molecule has 5 rings (SSSR count). The molecule has 0 spiro atoms. The van der Waals surface area contributed by atoms with E-state index in [0.29, 0.717) is 34.2 Å². The van der Waals surface area contributed by atoms with E-state index < -0.39 is 11.6 Å². The van der Waals surface area contributed by atoms with Crippen molar-refractivity contribution >= 4 is 40.9 Å². The summed E-state index contributed by atoms with van der Waals surface area (Å²) < 4.78 is 33.1. The predicted octanol–water partition coefficient (Wildman–Crippen LogP) is 7.78. The highest BCUT2D eigenvalue weighted by Gasteiger charge is 2.44. The highest BCUT2D eigenvalue weighted by Crippen LogP contribution is 2.39. The molecule has 0 unspecified atom stereocenters. The van der Waals surface area contributed by atoms with Crippen LogP contribution < -0.4 is 4.74 Å². The summed E-state index contributed by atoms with van der Waals surface area (Å²) >= 11 is 14.0. The smallest absolute Gasteiger partial charge is 0.254 e. The van der Waals surface area contributed by atoms with E-state index in [1.807, 2.05) is 41.3 Å². The fourth-order valence-corrected chi connectivity index (χ4v) is 6.40. The predicted molar refractivity (Wildman–Crippen MR) is 135 cm³/mol. The molecule has 2 bridgehead atoms. The minimum absolute atomic E-state index is 0.0148. The number of hydrogen-bond acceptors (Lipinski definition) is 3. The van der Waals surface area contributed by atoms with Crippen LogP contribution in [0.5, 0.6) is 5.75 Å². The summed E-state index contributed by atoms with van der Waals surface area (Å²) in [5.74, 6) is -0.549. The van der Waals surface area contributed by atoms with Gasteiger partial charge >= 0.3 is 0 Å². The largest absolute Gasteiger partial charge is 0.487 e. The Kier molecular flexibility index (Phi) is 7.24. The molecule has 1 amide bonds. The molecule has 2 fully saturated rings. The number of nitrogens with zero attached hydrogens (tertiary/aromatic N) is 1. The number of thioether (sulfide) groups is 1. The molecule has 0 saturated carbocycles. The maximum Gasteiger partial charge on any atom is 0.254 e. The summed E-state index contributed by atoms with van der Waals surface area (Å²) in [5, 5.41) is 1.08. The number of piperidine rings is 1. The lowest BCUT2D eigenvalue weighted by atomic mass is 9.98. The van der Waals surface area contributed by atoms with Gasteiger partial charge in [0.1, 0.15) is 11.9 Å². The van der Waals surface area contributed by atoms with Crippen molar-refractivity contribution in [1.29, 1.82) is 0 Å². The molecule has 2 saturated heterocycles. The van der Waals surface area contributed by atoms with Crippen molar-refractivity contribution in [3.05, 3.63) is 93.5 Å². The van der Waals surface area contributed by atoms with Crippen LogP contribution in [0.25, 0.3) is 0 Å². The van der Waals surface area contributed by atoms with Gasteiger partial charge in [0.15, 0.2) is 11.6 Å². The molecule has 0 aliphatic carbocycles. The van der Waals surface area contributed by atoms with Gasteiger partial charge in [-0.1, -0.05) is 41.4 Å². The quantitative estimate of drug-likeness (QED) is 0.303. The molecule has 3 aromatic carbocycles. The highest BCUT2D eigenvalue weighted by molar-refractivity contribution is 7.98. The SMILES string of the molecule is O=C(c1ccc(CSc2cccc(Cl)c2Cl)cc1)N1[C@H]2CC[C@H]1CC(Oc1ccc(F)cc1F)C2. The molecular formula is C27H23Cl2F2NO2S. The lowest BCUT2D eigenvalue weighted by Gasteiger charge is -2.39. The molecule has 2 aliphatic heterocycles. The third-order valence-electron chi connectivity index (χ3n) is 6.62. The molecule has 0 radical (unpaired) electrons. The zero-order valence-corrected chi connectivity index (χ0v) is 21.1. The fraction of sp³-hybridized carbons (Fsp3) is 0.296. The van der Waals surface area contributed by atoms with E-state index in [9.17, 15) is 13.6 Å². The number of hydrogen-bond donors (Lipinski definition) is 0. The van der Waals surface area contributed by atoms with Crippen LogP contribution in [0.3, 0.4) is 0 Å². The minimum atomic E-state index is -0.702. The van der Waals surface area contributed by atoms with Crippen LogP contribution >= 0.6 is 35.0 Å². The van der Waals surface area contributed by atoms with Crippen molar-refractivity contribution in [2.24, 2.45) is 0 Å². The first-order chi connectivity index (χ1) is 16.9. The molecule has 0 aromatic heterocycles. The zero-order chi connectivity index (χ0) is 24.5. The fourth-order valence-electron chi connectivity index (χ4n) is 4.95. The van der Waals surface area contributed by atoms with E-state index in [1.54, 1.807) is 17.8 Å². The van der Waals surface area contributed by atoms with Crippen LogP contribution in [0.4, 0.5) is 8.78 Å². The van der Waals surface area contributed by atoms with Gasteiger partial charge in [-0.3, -0.25) is 4.79 Å². The summed E-state index contributed by atoms with van der Waals surface area (Å²) in [4.78, 5) is 16.2. The van der Waals surface area contributed by atoms with E-state index in [4.69, 9.17) is 27.9 Å². The number of amides is 1. The topological polar surface area (TPSA) is 29.5 Å². The van der Waals surface area contributed by atoms with Crippen LogP contribution in [0, 0.1) is 11.6 Å². The number of fused-ring (bicyclic) bond motifs is 2. The van der Waals surface area contributed by atoms with Gasteiger partial charge in [-0.15, -0.1) is 11.8 Å².